The SMILES string of the molecule is COc1ccc(COC(C)=O)cc1I. The summed E-state index contributed by atoms with van der Waals surface area (Å²) in [5, 5.41) is 0. The van der Waals surface area contributed by atoms with Crippen LogP contribution in [0, 0.1) is 3.57 Å². The molecule has 4 heteroatoms. The Bertz CT molecular complexity index is 336. The number of carbonyl (C=O) groups is 1. The van der Waals surface area contributed by atoms with Crippen LogP contribution in [0.1, 0.15) is 12.5 Å². The molecule has 0 aliphatic rings. The standard InChI is InChI=1S/C10H11IO3/c1-7(12)14-6-8-3-4-10(13-2)9(11)5-8/h3-5H,6H2,1-2H3. The zero-order valence-electron chi connectivity index (χ0n) is 8.04. The molecule has 0 amide bonds. The molecular formula is C10H11IO3. The Morgan fingerprint density at radius 1 is 1.50 bits per heavy atom. The number of hydrogen-bond acceptors (Lipinski definition) is 3. The van der Waals surface area contributed by atoms with Gasteiger partial charge in [0.15, 0.2) is 0 Å². The highest BCUT2D eigenvalue weighted by molar-refractivity contribution is 14.1. The average molecular weight is 306 g/mol. The summed E-state index contributed by atoms with van der Waals surface area (Å²) >= 11 is 2.18. The van der Waals surface area contributed by atoms with E-state index in [1.165, 1.54) is 6.92 Å². The van der Waals surface area contributed by atoms with E-state index >= 15 is 0 Å². The Hall–Kier alpha value is -0.780. The number of ether oxygens (including phenoxy) is 2. The molecule has 0 bridgehead atoms. The first-order chi connectivity index (χ1) is 6.63. The third kappa shape index (κ3) is 3.17. The van der Waals surface area contributed by atoms with Gasteiger partial charge in [-0.1, -0.05) is 6.07 Å². The summed E-state index contributed by atoms with van der Waals surface area (Å²) in [5.74, 6) is 0.563. The first-order valence-corrected chi connectivity index (χ1v) is 5.17. The van der Waals surface area contributed by atoms with Crippen molar-refractivity contribution in [1.82, 2.24) is 0 Å². The Kier molecular flexibility index (Phi) is 4.19. The average Bonchev–Trinajstić information content (AvgIpc) is 2.15. The molecule has 0 unspecified atom stereocenters. The number of esters is 1. The van der Waals surface area contributed by atoms with Gasteiger partial charge in [0.25, 0.3) is 0 Å². The first kappa shape index (κ1) is 11.3. The van der Waals surface area contributed by atoms with E-state index in [4.69, 9.17) is 9.47 Å². The van der Waals surface area contributed by atoms with Crippen LogP contribution in [0.2, 0.25) is 0 Å². The number of benzene rings is 1. The second kappa shape index (κ2) is 5.19. The second-order valence-electron chi connectivity index (χ2n) is 2.75. The molecule has 1 rings (SSSR count). The van der Waals surface area contributed by atoms with E-state index < -0.39 is 0 Å². The number of carbonyl (C=O) groups excluding carboxylic acids is 1. The molecule has 76 valence electrons. The number of hydrogen-bond donors (Lipinski definition) is 0. The summed E-state index contributed by atoms with van der Waals surface area (Å²) in [5.41, 5.74) is 0.963. The molecule has 0 N–H and O–H groups in total. The van der Waals surface area contributed by atoms with E-state index in [0.29, 0.717) is 6.61 Å². The maximum atomic E-state index is 10.6. The zero-order valence-corrected chi connectivity index (χ0v) is 10.2. The second-order valence-corrected chi connectivity index (χ2v) is 3.91. The fraction of sp³-hybridized carbons (Fsp3) is 0.300. The zero-order chi connectivity index (χ0) is 10.6. The van der Waals surface area contributed by atoms with Gasteiger partial charge in [-0.3, -0.25) is 4.79 Å². The molecule has 0 heterocycles. The fourth-order valence-corrected chi connectivity index (χ4v) is 1.78. The highest BCUT2D eigenvalue weighted by atomic mass is 127. The Morgan fingerprint density at radius 3 is 2.71 bits per heavy atom. The topological polar surface area (TPSA) is 35.5 Å². The molecule has 0 aliphatic heterocycles. The van der Waals surface area contributed by atoms with Gasteiger partial charge in [0.2, 0.25) is 0 Å². The lowest BCUT2D eigenvalue weighted by Gasteiger charge is -2.06. The first-order valence-electron chi connectivity index (χ1n) is 4.09. The maximum Gasteiger partial charge on any atom is 0.302 e. The van der Waals surface area contributed by atoms with Crippen molar-refractivity contribution in [2.45, 2.75) is 13.5 Å². The van der Waals surface area contributed by atoms with Gasteiger partial charge in [-0.2, -0.15) is 0 Å². The summed E-state index contributed by atoms with van der Waals surface area (Å²) in [7, 11) is 1.63. The summed E-state index contributed by atoms with van der Waals surface area (Å²) in [4.78, 5) is 10.6. The van der Waals surface area contributed by atoms with Crippen LogP contribution < -0.4 is 4.74 Å². The van der Waals surface area contributed by atoms with Gasteiger partial charge in [0, 0.05) is 6.92 Å². The molecule has 0 spiro atoms. The molecule has 0 aromatic heterocycles. The summed E-state index contributed by atoms with van der Waals surface area (Å²) in [6.07, 6.45) is 0. The van der Waals surface area contributed by atoms with Crippen molar-refractivity contribution in [3.63, 3.8) is 0 Å². The summed E-state index contributed by atoms with van der Waals surface area (Å²) < 4.78 is 11.0. The number of rotatable bonds is 3. The van der Waals surface area contributed by atoms with Gasteiger partial charge in [-0.25, -0.2) is 0 Å². The molecule has 0 atom stereocenters. The van der Waals surface area contributed by atoms with E-state index in [1.807, 2.05) is 18.2 Å². The van der Waals surface area contributed by atoms with Crippen molar-refractivity contribution in [3.05, 3.63) is 27.3 Å². The van der Waals surface area contributed by atoms with Crippen molar-refractivity contribution in [3.8, 4) is 5.75 Å². The lowest BCUT2D eigenvalue weighted by Crippen LogP contribution is -1.99. The normalized spacial score (nSPS) is 9.64. The lowest BCUT2D eigenvalue weighted by molar-refractivity contribution is -0.142. The van der Waals surface area contributed by atoms with Gasteiger partial charge in [0.1, 0.15) is 12.4 Å². The van der Waals surface area contributed by atoms with Crippen molar-refractivity contribution in [1.29, 1.82) is 0 Å². The fourth-order valence-electron chi connectivity index (χ4n) is 0.985. The van der Waals surface area contributed by atoms with Gasteiger partial charge < -0.3 is 9.47 Å². The Morgan fingerprint density at radius 2 is 2.21 bits per heavy atom. The van der Waals surface area contributed by atoms with E-state index in [9.17, 15) is 4.79 Å². The molecule has 3 nitrogen and oxygen atoms in total. The van der Waals surface area contributed by atoms with E-state index in [0.717, 1.165) is 14.9 Å². The monoisotopic (exact) mass is 306 g/mol. The van der Waals surface area contributed by atoms with Crippen LogP contribution in [-0.4, -0.2) is 13.1 Å². The molecule has 0 saturated carbocycles. The lowest BCUT2D eigenvalue weighted by atomic mass is 10.2. The minimum atomic E-state index is -0.268. The predicted octanol–water partition coefficient (Wildman–Crippen LogP) is 2.36. The third-order valence-corrected chi connectivity index (χ3v) is 2.50. The molecule has 1 aromatic rings. The number of halogens is 1. The van der Waals surface area contributed by atoms with Crippen LogP contribution in [0.25, 0.3) is 0 Å². The summed E-state index contributed by atoms with van der Waals surface area (Å²) in [6, 6.07) is 5.67. The predicted molar refractivity (Wildman–Crippen MR) is 61.2 cm³/mol. The van der Waals surface area contributed by atoms with Gasteiger partial charge in [-0.15, -0.1) is 0 Å². The van der Waals surface area contributed by atoms with Gasteiger partial charge in [0.05, 0.1) is 10.7 Å². The smallest absolute Gasteiger partial charge is 0.302 e. The van der Waals surface area contributed by atoms with Crippen LogP contribution in [0.5, 0.6) is 5.75 Å². The highest BCUT2D eigenvalue weighted by Gasteiger charge is 2.02. The quantitative estimate of drug-likeness (QED) is 0.635. The highest BCUT2D eigenvalue weighted by Crippen LogP contribution is 2.21. The summed E-state index contributed by atoms with van der Waals surface area (Å²) in [6.45, 7) is 1.71. The number of methoxy groups -OCH3 is 1. The van der Waals surface area contributed by atoms with Crippen LogP contribution >= 0.6 is 22.6 Å². The van der Waals surface area contributed by atoms with Crippen LogP contribution in [0.3, 0.4) is 0 Å². The molecule has 1 aromatic carbocycles. The molecule has 14 heavy (non-hydrogen) atoms. The maximum absolute atomic E-state index is 10.6. The van der Waals surface area contributed by atoms with E-state index in [-0.39, 0.29) is 5.97 Å². The van der Waals surface area contributed by atoms with Crippen LogP contribution in [0.4, 0.5) is 0 Å². The molecular weight excluding hydrogens is 295 g/mol. The van der Waals surface area contributed by atoms with Crippen molar-refractivity contribution in [2.24, 2.45) is 0 Å². The van der Waals surface area contributed by atoms with Crippen LogP contribution in [0.15, 0.2) is 18.2 Å². The molecule has 0 saturated heterocycles. The molecule has 0 aliphatic carbocycles. The Labute approximate surface area is 96.5 Å². The largest absolute Gasteiger partial charge is 0.496 e. The molecule has 0 fully saturated rings. The van der Waals surface area contributed by atoms with E-state index in [2.05, 4.69) is 22.6 Å². The van der Waals surface area contributed by atoms with Crippen molar-refractivity contribution >= 4 is 28.6 Å². The minimum absolute atomic E-state index is 0.268. The van der Waals surface area contributed by atoms with Gasteiger partial charge >= 0.3 is 5.97 Å². The third-order valence-electron chi connectivity index (χ3n) is 1.66. The van der Waals surface area contributed by atoms with Crippen molar-refractivity contribution in [2.75, 3.05) is 7.11 Å². The van der Waals surface area contributed by atoms with Crippen molar-refractivity contribution < 1.29 is 14.3 Å². The molecule has 0 radical (unpaired) electrons. The Balaban J connectivity index is 2.71. The van der Waals surface area contributed by atoms with Gasteiger partial charge in [-0.05, 0) is 40.3 Å². The van der Waals surface area contributed by atoms with E-state index in [1.54, 1.807) is 7.11 Å². The van der Waals surface area contributed by atoms with Crippen LogP contribution in [-0.2, 0) is 16.1 Å². The minimum Gasteiger partial charge on any atom is -0.496 e.